The third-order valence-corrected chi connectivity index (χ3v) is 4.84. The summed E-state index contributed by atoms with van der Waals surface area (Å²) >= 11 is 0. The Morgan fingerprint density at radius 1 is 1.35 bits per heavy atom. The molecule has 0 bridgehead atoms. The molecule has 0 aromatic carbocycles. The lowest BCUT2D eigenvalue weighted by Crippen LogP contribution is -2.53. The van der Waals surface area contributed by atoms with Crippen LogP contribution in [0.3, 0.4) is 0 Å². The summed E-state index contributed by atoms with van der Waals surface area (Å²) in [5.41, 5.74) is 6.71. The average molecular weight is 405 g/mol. The minimum atomic E-state index is -0.476. The van der Waals surface area contributed by atoms with Crippen LogP contribution in [0, 0.1) is 5.92 Å². The molecule has 2 unspecified atom stereocenters. The number of nitrogens with two attached hydrogens (primary N) is 1. The molecule has 0 radical (unpaired) electrons. The van der Waals surface area contributed by atoms with Gasteiger partial charge in [0.05, 0.1) is 12.5 Å². The Kier molecular flexibility index (Phi) is 10.8. The predicted molar refractivity (Wildman–Crippen MR) is 108 cm³/mol. The van der Waals surface area contributed by atoms with Crippen LogP contribution in [0.25, 0.3) is 0 Å². The molecule has 6 nitrogen and oxygen atoms in total. The van der Waals surface area contributed by atoms with Gasteiger partial charge >= 0.3 is 0 Å². The van der Waals surface area contributed by atoms with E-state index < -0.39 is 5.54 Å². The molecule has 0 spiro atoms. The zero-order chi connectivity index (χ0) is 17.6. The number of carbonyl (C=O) groups excluding carboxylic acids is 2. The number of nitrogens with one attached hydrogen (secondary N) is 1. The summed E-state index contributed by atoms with van der Waals surface area (Å²) in [6, 6.07) is 5.73. The van der Waals surface area contributed by atoms with Gasteiger partial charge in [-0.3, -0.25) is 14.6 Å². The van der Waals surface area contributed by atoms with Crippen molar-refractivity contribution in [2.75, 3.05) is 20.1 Å². The summed E-state index contributed by atoms with van der Waals surface area (Å²) in [4.78, 5) is 30.4. The quantitative estimate of drug-likeness (QED) is 0.757. The van der Waals surface area contributed by atoms with Crippen molar-refractivity contribution in [2.24, 2.45) is 11.7 Å². The molecule has 1 fully saturated rings. The maximum absolute atomic E-state index is 12.3. The van der Waals surface area contributed by atoms with Crippen molar-refractivity contribution in [1.29, 1.82) is 0 Å². The van der Waals surface area contributed by atoms with Crippen LogP contribution in [0.15, 0.2) is 24.4 Å². The molecule has 0 aliphatic heterocycles. The molecule has 1 aromatic heterocycles. The summed E-state index contributed by atoms with van der Waals surface area (Å²) in [6.45, 7) is 2.52. The van der Waals surface area contributed by atoms with Crippen LogP contribution in [0.1, 0.15) is 38.3 Å². The van der Waals surface area contributed by atoms with Crippen LogP contribution in [-0.2, 0) is 16.0 Å². The fourth-order valence-corrected chi connectivity index (χ4v) is 3.16. The summed E-state index contributed by atoms with van der Waals surface area (Å²) in [5.74, 6) is -0.419. The largest absolute Gasteiger partial charge is 0.347 e. The second kappa shape index (κ2) is 11.4. The van der Waals surface area contributed by atoms with Crippen LogP contribution in [0.4, 0.5) is 0 Å². The van der Waals surface area contributed by atoms with Crippen molar-refractivity contribution in [2.45, 2.75) is 44.6 Å². The van der Waals surface area contributed by atoms with E-state index in [1.165, 1.54) is 0 Å². The number of hydrogen-bond acceptors (Lipinski definition) is 4. The fraction of sp³-hybridized carbons (Fsp3) is 0.611. The Bertz CT molecular complexity index is 570. The summed E-state index contributed by atoms with van der Waals surface area (Å²) in [5, 5.41) is 2.76. The van der Waals surface area contributed by atoms with Gasteiger partial charge in [-0.25, -0.2) is 0 Å². The van der Waals surface area contributed by atoms with Gasteiger partial charge in [-0.1, -0.05) is 18.9 Å². The van der Waals surface area contributed by atoms with Crippen molar-refractivity contribution in [3.8, 4) is 0 Å². The highest BCUT2D eigenvalue weighted by molar-refractivity contribution is 5.86. The minimum Gasteiger partial charge on any atom is -0.347 e. The topological polar surface area (TPSA) is 88.3 Å². The number of aromatic nitrogens is 1. The standard InChI is InChI=1S/C18H28N4O2.2ClH/c1-18(19)10-5-3-8-15(18)17(24)21-13-16(23)22(2)12-9-14-7-4-6-11-20-14;;/h4,6-7,11,15H,3,5,8-10,12-13,19H2,1-2H3,(H,21,24);2*1H. The van der Waals surface area contributed by atoms with Gasteiger partial charge in [0, 0.05) is 37.4 Å². The zero-order valence-corrected chi connectivity index (χ0v) is 17.1. The highest BCUT2D eigenvalue weighted by atomic mass is 35.5. The van der Waals surface area contributed by atoms with Crippen molar-refractivity contribution in [1.82, 2.24) is 15.2 Å². The van der Waals surface area contributed by atoms with Gasteiger partial charge in [-0.15, -0.1) is 24.8 Å². The van der Waals surface area contributed by atoms with E-state index >= 15 is 0 Å². The first-order chi connectivity index (χ1) is 11.4. The molecule has 2 atom stereocenters. The van der Waals surface area contributed by atoms with E-state index in [4.69, 9.17) is 5.73 Å². The minimum absolute atomic E-state index is 0. The van der Waals surface area contributed by atoms with Crippen molar-refractivity contribution < 1.29 is 9.59 Å². The Hall–Kier alpha value is -1.37. The molecule has 8 heteroatoms. The monoisotopic (exact) mass is 404 g/mol. The van der Waals surface area contributed by atoms with Gasteiger partial charge in [0.1, 0.15) is 0 Å². The van der Waals surface area contributed by atoms with E-state index in [0.29, 0.717) is 13.0 Å². The van der Waals surface area contributed by atoms with Crippen molar-refractivity contribution in [3.63, 3.8) is 0 Å². The van der Waals surface area contributed by atoms with Gasteiger partial charge in [0.15, 0.2) is 0 Å². The molecule has 1 aliphatic rings. The second-order valence-corrected chi connectivity index (χ2v) is 6.91. The van der Waals surface area contributed by atoms with Crippen LogP contribution in [0.5, 0.6) is 0 Å². The van der Waals surface area contributed by atoms with Gasteiger partial charge < -0.3 is 16.0 Å². The summed E-state index contributed by atoms with van der Waals surface area (Å²) in [7, 11) is 1.74. The number of nitrogens with zero attached hydrogens (tertiary/aromatic N) is 2. The van der Waals surface area contributed by atoms with E-state index in [-0.39, 0.29) is 49.1 Å². The SMILES string of the molecule is CN(CCc1ccccn1)C(=O)CNC(=O)C1CCCCC1(C)N.Cl.Cl. The average Bonchev–Trinajstić information content (AvgIpc) is 2.57. The van der Waals surface area contributed by atoms with Gasteiger partial charge in [0.2, 0.25) is 11.8 Å². The fourth-order valence-electron chi connectivity index (χ4n) is 3.16. The lowest BCUT2D eigenvalue weighted by molar-refractivity contribution is -0.134. The zero-order valence-electron chi connectivity index (χ0n) is 15.4. The number of rotatable bonds is 6. The van der Waals surface area contributed by atoms with Gasteiger partial charge in [-0.05, 0) is 31.9 Å². The van der Waals surface area contributed by atoms with Crippen LogP contribution < -0.4 is 11.1 Å². The Balaban J connectivity index is 0.00000312. The van der Waals surface area contributed by atoms with E-state index in [2.05, 4.69) is 10.3 Å². The molecule has 0 saturated heterocycles. The van der Waals surface area contributed by atoms with Crippen molar-refractivity contribution >= 4 is 36.6 Å². The molecule has 2 amide bonds. The number of pyridine rings is 1. The predicted octanol–water partition coefficient (Wildman–Crippen LogP) is 1.95. The van der Waals surface area contributed by atoms with Gasteiger partial charge in [0.25, 0.3) is 0 Å². The van der Waals surface area contributed by atoms with E-state index in [1.54, 1.807) is 18.1 Å². The Morgan fingerprint density at radius 2 is 2.08 bits per heavy atom. The molecule has 148 valence electrons. The summed E-state index contributed by atoms with van der Waals surface area (Å²) < 4.78 is 0. The number of carbonyl (C=O) groups is 2. The normalized spacial score (nSPS) is 21.7. The molecule has 1 aromatic rings. The van der Waals surface area contributed by atoms with E-state index in [9.17, 15) is 9.59 Å². The van der Waals surface area contributed by atoms with E-state index in [0.717, 1.165) is 31.4 Å². The lowest BCUT2D eigenvalue weighted by Gasteiger charge is -2.37. The molecule has 2 rings (SSSR count). The molecule has 1 heterocycles. The lowest BCUT2D eigenvalue weighted by atomic mass is 9.74. The van der Waals surface area contributed by atoms with Crippen LogP contribution >= 0.6 is 24.8 Å². The van der Waals surface area contributed by atoms with Gasteiger partial charge in [-0.2, -0.15) is 0 Å². The molecule has 1 saturated carbocycles. The third-order valence-electron chi connectivity index (χ3n) is 4.84. The van der Waals surface area contributed by atoms with Crippen molar-refractivity contribution in [3.05, 3.63) is 30.1 Å². The smallest absolute Gasteiger partial charge is 0.241 e. The Labute approximate surface area is 168 Å². The molecule has 26 heavy (non-hydrogen) atoms. The number of halogens is 2. The molecular weight excluding hydrogens is 375 g/mol. The third kappa shape index (κ3) is 7.09. The molecule has 3 N–H and O–H groups in total. The first-order valence-electron chi connectivity index (χ1n) is 8.60. The highest BCUT2D eigenvalue weighted by Gasteiger charge is 2.37. The maximum Gasteiger partial charge on any atom is 0.241 e. The molecule has 1 aliphatic carbocycles. The number of likely N-dealkylation sites (N-methyl/N-ethyl adjacent to an activating group) is 1. The number of amides is 2. The molecular formula is C18H30Cl2N4O2. The van der Waals surface area contributed by atoms with Crippen LogP contribution in [-0.4, -0.2) is 47.4 Å². The summed E-state index contributed by atoms with van der Waals surface area (Å²) in [6.07, 6.45) is 6.16. The first-order valence-corrected chi connectivity index (χ1v) is 8.60. The highest BCUT2D eigenvalue weighted by Crippen LogP contribution is 2.31. The Morgan fingerprint density at radius 3 is 2.69 bits per heavy atom. The first kappa shape index (κ1) is 24.6. The second-order valence-electron chi connectivity index (χ2n) is 6.91. The van der Waals surface area contributed by atoms with Crippen LogP contribution in [0.2, 0.25) is 0 Å². The maximum atomic E-state index is 12.3. The number of hydrogen-bond donors (Lipinski definition) is 2. The van der Waals surface area contributed by atoms with E-state index in [1.807, 2.05) is 25.1 Å².